The molecule has 10 heteroatoms. The number of benzene rings is 2. The largest absolute Gasteiger partial charge is 0.460 e. The zero-order valence-electron chi connectivity index (χ0n) is 23.5. The Morgan fingerprint density at radius 1 is 0.875 bits per heavy atom. The Kier molecular flexibility index (Phi) is 10.0. The number of hydrogen-bond donors (Lipinski definition) is 0. The van der Waals surface area contributed by atoms with Crippen LogP contribution in [-0.4, -0.2) is 64.9 Å². The van der Waals surface area contributed by atoms with Crippen molar-refractivity contribution in [3.63, 3.8) is 0 Å². The molecule has 40 heavy (non-hydrogen) atoms. The van der Waals surface area contributed by atoms with E-state index in [0.717, 1.165) is 4.90 Å². The zero-order chi connectivity index (χ0) is 29.4. The lowest BCUT2D eigenvalue weighted by Crippen LogP contribution is -2.51. The molecule has 0 aliphatic carbocycles. The summed E-state index contributed by atoms with van der Waals surface area (Å²) in [5.41, 5.74) is 0.520. The average molecular weight is 553 g/mol. The molecule has 1 saturated heterocycles. The molecule has 0 bridgehead atoms. The molecule has 0 saturated carbocycles. The van der Waals surface area contributed by atoms with E-state index in [4.69, 9.17) is 14.2 Å². The number of nitrogens with zero attached hydrogens (tertiary/aromatic N) is 2. The van der Waals surface area contributed by atoms with Crippen LogP contribution in [-0.2, 0) is 46.6 Å². The number of hydrogen-bond acceptors (Lipinski definition) is 8. The lowest BCUT2D eigenvalue weighted by atomic mass is 9.88. The zero-order valence-corrected chi connectivity index (χ0v) is 23.5. The van der Waals surface area contributed by atoms with E-state index in [-0.39, 0.29) is 26.2 Å². The van der Waals surface area contributed by atoms with Gasteiger partial charge in [-0.3, -0.25) is 14.4 Å². The first-order valence-electron chi connectivity index (χ1n) is 13.1. The Balaban J connectivity index is 1.89. The summed E-state index contributed by atoms with van der Waals surface area (Å²) in [5, 5.41) is 0. The predicted octanol–water partition coefficient (Wildman–Crippen LogP) is 3.72. The number of carbonyl (C=O) groups is 5. The Labute approximate surface area is 234 Å². The van der Waals surface area contributed by atoms with Crippen molar-refractivity contribution in [2.45, 2.75) is 59.0 Å². The lowest BCUT2D eigenvalue weighted by Gasteiger charge is -2.29. The number of amides is 3. The summed E-state index contributed by atoms with van der Waals surface area (Å²) < 4.78 is 16.3. The van der Waals surface area contributed by atoms with Crippen molar-refractivity contribution in [3.05, 3.63) is 71.8 Å². The molecule has 2 aromatic rings. The van der Waals surface area contributed by atoms with Gasteiger partial charge in [0.05, 0.1) is 12.5 Å². The molecule has 2 aromatic carbocycles. The number of carbonyl (C=O) groups excluding carboxylic acids is 5. The van der Waals surface area contributed by atoms with E-state index in [0.29, 0.717) is 11.1 Å². The lowest BCUT2D eigenvalue weighted by molar-refractivity contribution is -0.170. The minimum atomic E-state index is -1.66. The van der Waals surface area contributed by atoms with E-state index in [1.165, 1.54) is 11.9 Å². The monoisotopic (exact) mass is 552 g/mol. The molecule has 0 N–H and O–H groups in total. The molecule has 1 aliphatic rings. The Bertz CT molecular complexity index is 1150. The third-order valence-corrected chi connectivity index (χ3v) is 6.32. The van der Waals surface area contributed by atoms with Crippen molar-refractivity contribution in [1.29, 1.82) is 0 Å². The van der Waals surface area contributed by atoms with Gasteiger partial charge in [-0.25, -0.2) is 14.5 Å². The van der Waals surface area contributed by atoms with E-state index in [2.05, 4.69) is 0 Å². The molecule has 10 nitrogen and oxygen atoms in total. The predicted molar refractivity (Wildman–Crippen MR) is 144 cm³/mol. The van der Waals surface area contributed by atoms with Crippen LogP contribution in [0.5, 0.6) is 0 Å². The SMILES string of the molecule is CC[C@@H](C(=O)N1C(=O)N(C)C[C@H]1C(=O)OC(C)(C)C)C(C(=O)OCc1ccccc1)C(=O)OCc1ccccc1. The van der Waals surface area contributed by atoms with Crippen LogP contribution < -0.4 is 0 Å². The number of rotatable bonds is 10. The first-order valence-corrected chi connectivity index (χ1v) is 13.1. The van der Waals surface area contributed by atoms with Gasteiger partial charge in [0.2, 0.25) is 5.91 Å². The van der Waals surface area contributed by atoms with Gasteiger partial charge in [-0.05, 0) is 38.3 Å². The van der Waals surface area contributed by atoms with Crippen LogP contribution >= 0.6 is 0 Å². The van der Waals surface area contributed by atoms with Crippen molar-refractivity contribution in [2.75, 3.05) is 13.6 Å². The molecule has 1 fully saturated rings. The fourth-order valence-corrected chi connectivity index (χ4v) is 4.33. The van der Waals surface area contributed by atoms with Crippen LogP contribution in [0, 0.1) is 11.8 Å². The molecular formula is C30H36N2O8. The average Bonchev–Trinajstić information content (AvgIpc) is 3.22. The first-order chi connectivity index (χ1) is 18.9. The summed E-state index contributed by atoms with van der Waals surface area (Å²) in [4.78, 5) is 68.6. The van der Waals surface area contributed by atoms with Gasteiger partial charge >= 0.3 is 23.9 Å². The van der Waals surface area contributed by atoms with Crippen molar-refractivity contribution in [2.24, 2.45) is 11.8 Å². The highest BCUT2D eigenvalue weighted by molar-refractivity contribution is 6.06. The van der Waals surface area contributed by atoms with Crippen molar-refractivity contribution in [1.82, 2.24) is 9.80 Å². The van der Waals surface area contributed by atoms with Crippen LogP contribution in [0.2, 0.25) is 0 Å². The summed E-state index contributed by atoms with van der Waals surface area (Å²) in [7, 11) is 1.45. The number of imide groups is 1. The summed E-state index contributed by atoms with van der Waals surface area (Å²) in [6, 6.07) is 15.8. The fourth-order valence-electron chi connectivity index (χ4n) is 4.33. The van der Waals surface area contributed by atoms with Gasteiger partial charge in [0.1, 0.15) is 18.8 Å². The quantitative estimate of drug-likeness (QED) is 0.249. The molecule has 0 spiro atoms. The molecule has 3 amide bonds. The van der Waals surface area contributed by atoms with Crippen LogP contribution in [0.3, 0.4) is 0 Å². The minimum absolute atomic E-state index is 0.00108. The van der Waals surface area contributed by atoms with Gasteiger partial charge in [-0.1, -0.05) is 67.6 Å². The Hall–Kier alpha value is -4.21. The van der Waals surface area contributed by atoms with Crippen LogP contribution in [0.4, 0.5) is 4.79 Å². The Morgan fingerprint density at radius 3 is 1.77 bits per heavy atom. The highest BCUT2D eigenvalue weighted by Gasteiger charge is 2.51. The van der Waals surface area contributed by atoms with Crippen LogP contribution in [0.25, 0.3) is 0 Å². The van der Waals surface area contributed by atoms with Crippen molar-refractivity contribution in [3.8, 4) is 0 Å². The normalized spacial score (nSPS) is 16.1. The van der Waals surface area contributed by atoms with Crippen molar-refractivity contribution < 1.29 is 38.2 Å². The van der Waals surface area contributed by atoms with Gasteiger partial charge in [0.25, 0.3) is 0 Å². The summed E-state index contributed by atoms with van der Waals surface area (Å²) in [6.45, 7) is 6.29. The molecule has 1 heterocycles. The van der Waals surface area contributed by atoms with Gasteiger partial charge < -0.3 is 19.1 Å². The van der Waals surface area contributed by atoms with Gasteiger partial charge in [-0.15, -0.1) is 0 Å². The van der Waals surface area contributed by atoms with Gasteiger partial charge in [-0.2, -0.15) is 0 Å². The number of esters is 3. The molecule has 1 aliphatic heterocycles. The number of urea groups is 1. The van der Waals surface area contributed by atoms with Gasteiger partial charge in [0, 0.05) is 7.05 Å². The standard InChI is InChI=1S/C30H36N2O8/c1-6-22(25(33)32-23(17-31(5)29(32)37)26(34)40-30(2,3)4)24(27(35)38-18-20-13-9-7-10-14-20)28(36)39-19-21-15-11-8-12-16-21/h7-16,22-24H,6,17-19H2,1-5H3/t22-,23+/m1/s1. The molecule has 214 valence electrons. The van der Waals surface area contributed by atoms with Gasteiger partial charge in [0.15, 0.2) is 12.0 Å². The Morgan fingerprint density at radius 2 is 1.35 bits per heavy atom. The highest BCUT2D eigenvalue weighted by Crippen LogP contribution is 2.28. The second kappa shape index (κ2) is 13.2. The number of likely N-dealkylation sites (N-methyl/N-ethyl adjacent to an activating group) is 1. The maximum Gasteiger partial charge on any atom is 0.331 e. The summed E-state index contributed by atoms with van der Waals surface area (Å²) in [6.07, 6.45) is -0.00108. The van der Waals surface area contributed by atoms with E-state index in [1.54, 1.807) is 76.2 Å². The van der Waals surface area contributed by atoms with E-state index >= 15 is 0 Å². The first kappa shape index (κ1) is 30.3. The third kappa shape index (κ3) is 7.68. The maximum absolute atomic E-state index is 13.9. The molecule has 0 aromatic heterocycles. The smallest absolute Gasteiger partial charge is 0.331 e. The fraction of sp³-hybridized carbons (Fsp3) is 0.433. The molecule has 2 atom stereocenters. The highest BCUT2D eigenvalue weighted by atomic mass is 16.6. The molecule has 0 radical (unpaired) electrons. The molecular weight excluding hydrogens is 516 g/mol. The second-order valence-corrected chi connectivity index (χ2v) is 10.6. The van der Waals surface area contributed by atoms with Crippen LogP contribution in [0.1, 0.15) is 45.2 Å². The third-order valence-electron chi connectivity index (χ3n) is 6.32. The van der Waals surface area contributed by atoms with Crippen molar-refractivity contribution >= 4 is 29.8 Å². The van der Waals surface area contributed by atoms with Crippen LogP contribution in [0.15, 0.2) is 60.7 Å². The molecule has 0 unspecified atom stereocenters. The summed E-state index contributed by atoms with van der Waals surface area (Å²) >= 11 is 0. The minimum Gasteiger partial charge on any atom is -0.460 e. The van der Waals surface area contributed by atoms with E-state index in [9.17, 15) is 24.0 Å². The second-order valence-electron chi connectivity index (χ2n) is 10.6. The summed E-state index contributed by atoms with van der Waals surface area (Å²) in [5.74, 6) is -6.53. The molecule has 3 rings (SSSR count). The van der Waals surface area contributed by atoms with E-state index < -0.39 is 53.3 Å². The topological polar surface area (TPSA) is 120 Å². The van der Waals surface area contributed by atoms with E-state index in [1.807, 2.05) is 12.1 Å². The maximum atomic E-state index is 13.9. The number of ether oxygens (including phenoxy) is 3.